The molecule has 3 heteroatoms. The predicted molar refractivity (Wildman–Crippen MR) is 78.4 cm³/mol. The fraction of sp³-hybridized carbons (Fsp3) is 0.235. The number of hydrogen-bond donors (Lipinski definition) is 0. The molecule has 0 spiro atoms. The molecule has 0 bridgehead atoms. The Hall–Kier alpha value is -1.21. The molecule has 0 atom stereocenters. The standard InChI is InChI=1S/C17H18O2.Zr/c1-3-18-16-9-5-14(6-10-16)13-15-7-11-17(12-8-15)19-4-2;/h5-12H,3-4H2,1-2H3;/q;+2. The van der Waals surface area contributed by atoms with Crippen LogP contribution in [0.5, 0.6) is 11.5 Å². The van der Waals surface area contributed by atoms with E-state index in [1.807, 2.05) is 38.1 Å². The van der Waals surface area contributed by atoms with Gasteiger partial charge in [0.1, 0.15) is 0 Å². The molecular weight excluding hydrogens is 327 g/mol. The van der Waals surface area contributed by atoms with Crippen LogP contribution >= 0.6 is 0 Å². The molecule has 20 heavy (non-hydrogen) atoms. The molecule has 2 nitrogen and oxygen atoms in total. The van der Waals surface area contributed by atoms with E-state index < -0.39 is 0 Å². The van der Waals surface area contributed by atoms with Crippen molar-refractivity contribution in [1.29, 1.82) is 0 Å². The summed E-state index contributed by atoms with van der Waals surface area (Å²) in [6.07, 6.45) is 0. The van der Waals surface area contributed by atoms with Crippen molar-refractivity contribution in [1.82, 2.24) is 0 Å². The molecule has 2 aromatic carbocycles. The molecule has 2 aromatic rings. The summed E-state index contributed by atoms with van der Waals surface area (Å²) in [7, 11) is 0. The Kier molecular flexibility index (Phi) is 5.73. The summed E-state index contributed by atoms with van der Waals surface area (Å²) >= 11 is 1.40. The fourth-order valence-corrected chi connectivity index (χ4v) is 2.76. The third-order valence-electron chi connectivity index (χ3n) is 2.91. The Morgan fingerprint density at radius 3 is 1.40 bits per heavy atom. The molecule has 0 saturated carbocycles. The number of hydrogen-bond acceptors (Lipinski definition) is 2. The number of ether oxygens (including phenoxy) is 2. The van der Waals surface area contributed by atoms with Crippen LogP contribution in [0.3, 0.4) is 0 Å². The molecule has 100 valence electrons. The number of benzene rings is 2. The van der Waals surface area contributed by atoms with Gasteiger partial charge in [0.2, 0.25) is 0 Å². The van der Waals surface area contributed by atoms with Crippen LogP contribution in [0.25, 0.3) is 0 Å². The third-order valence-corrected chi connectivity index (χ3v) is 4.33. The van der Waals surface area contributed by atoms with Crippen molar-refractivity contribution in [2.45, 2.75) is 13.8 Å². The van der Waals surface area contributed by atoms with Gasteiger partial charge in [0.25, 0.3) is 0 Å². The van der Waals surface area contributed by atoms with Crippen LogP contribution in [-0.4, -0.2) is 16.4 Å². The summed E-state index contributed by atoms with van der Waals surface area (Å²) in [5, 5.41) is 0. The molecular formula is C17H18O2Zr+2. The van der Waals surface area contributed by atoms with Crippen molar-refractivity contribution in [3.8, 4) is 11.5 Å². The normalized spacial score (nSPS) is 10.2. The quantitative estimate of drug-likeness (QED) is 0.796. The molecule has 0 amide bonds. The Morgan fingerprint density at radius 2 is 1.10 bits per heavy atom. The van der Waals surface area contributed by atoms with Gasteiger partial charge in [0.15, 0.2) is 0 Å². The summed E-state index contributed by atoms with van der Waals surface area (Å²) in [4.78, 5) is 0. The predicted octanol–water partition coefficient (Wildman–Crippen LogP) is 3.60. The Morgan fingerprint density at radius 1 is 0.750 bits per heavy atom. The van der Waals surface area contributed by atoms with Crippen LogP contribution in [-0.2, 0) is 24.2 Å². The summed E-state index contributed by atoms with van der Waals surface area (Å²) in [5.41, 5.74) is 2.49. The van der Waals surface area contributed by atoms with Crippen LogP contribution in [0.15, 0.2) is 48.5 Å². The van der Waals surface area contributed by atoms with E-state index in [2.05, 4.69) is 24.3 Å². The first kappa shape index (κ1) is 15.2. The van der Waals surface area contributed by atoms with Crippen LogP contribution in [0.1, 0.15) is 25.0 Å². The van der Waals surface area contributed by atoms with Crippen molar-refractivity contribution in [2.24, 2.45) is 0 Å². The van der Waals surface area contributed by atoms with E-state index in [9.17, 15) is 0 Å². The average Bonchev–Trinajstić information content (AvgIpc) is 2.49. The second-order valence-electron chi connectivity index (χ2n) is 4.29. The summed E-state index contributed by atoms with van der Waals surface area (Å²) in [6.45, 7) is 5.39. The first-order valence-electron chi connectivity index (χ1n) is 6.79. The molecule has 0 aliphatic heterocycles. The summed E-state index contributed by atoms with van der Waals surface area (Å²) in [6, 6.07) is 16.6. The van der Waals surface area contributed by atoms with Crippen molar-refractivity contribution in [3.05, 3.63) is 59.7 Å². The second kappa shape index (κ2) is 7.54. The first-order valence-corrected chi connectivity index (χ1v) is 8.02. The van der Waals surface area contributed by atoms with Gasteiger partial charge in [-0.2, -0.15) is 0 Å². The summed E-state index contributed by atoms with van der Waals surface area (Å²) in [5.74, 6) is 1.85. The van der Waals surface area contributed by atoms with Crippen molar-refractivity contribution in [3.63, 3.8) is 0 Å². The minimum atomic E-state index is 0.701. The van der Waals surface area contributed by atoms with Crippen molar-refractivity contribution in [2.75, 3.05) is 13.2 Å². The third kappa shape index (κ3) is 3.89. The molecule has 0 aromatic heterocycles. The van der Waals surface area contributed by atoms with Gasteiger partial charge in [-0.05, 0) is 0 Å². The minimum absolute atomic E-state index is 0.701. The summed E-state index contributed by atoms with van der Waals surface area (Å²) < 4.78 is 12.3. The average molecular weight is 346 g/mol. The number of rotatable bonds is 6. The van der Waals surface area contributed by atoms with Crippen LogP contribution in [0.2, 0.25) is 0 Å². The maximum atomic E-state index is 5.47. The van der Waals surface area contributed by atoms with Crippen LogP contribution in [0.4, 0.5) is 0 Å². The second-order valence-corrected chi connectivity index (χ2v) is 5.52. The van der Waals surface area contributed by atoms with Gasteiger partial charge >= 0.3 is 135 Å². The molecule has 0 aliphatic carbocycles. The molecule has 0 radical (unpaired) electrons. The Bertz CT molecular complexity index is 507. The topological polar surface area (TPSA) is 18.5 Å². The van der Waals surface area contributed by atoms with E-state index in [-0.39, 0.29) is 0 Å². The molecule has 0 fully saturated rings. The molecule has 2 rings (SSSR count). The van der Waals surface area contributed by atoms with E-state index in [1.165, 1.54) is 38.6 Å². The molecule has 0 saturated heterocycles. The van der Waals surface area contributed by atoms with Crippen LogP contribution in [0, 0.1) is 0 Å². The zero-order chi connectivity index (χ0) is 14.4. The van der Waals surface area contributed by atoms with E-state index in [0.29, 0.717) is 13.2 Å². The van der Waals surface area contributed by atoms with Gasteiger partial charge in [-0.15, -0.1) is 0 Å². The van der Waals surface area contributed by atoms with Gasteiger partial charge in [0, 0.05) is 0 Å². The zero-order valence-corrected chi connectivity index (χ0v) is 14.3. The van der Waals surface area contributed by atoms with Gasteiger partial charge in [-0.3, -0.25) is 0 Å². The molecule has 0 N–H and O–H groups in total. The molecule has 0 heterocycles. The Balaban J connectivity index is 2.13. The fourth-order valence-electron chi connectivity index (χ4n) is 1.94. The van der Waals surface area contributed by atoms with E-state index >= 15 is 0 Å². The van der Waals surface area contributed by atoms with Crippen LogP contribution < -0.4 is 9.47 Å². The van der Waals surface area contributed by atoms with Gasteiger partial charge < -0.3 is 0 Å². The Labute approximate surface area is 135 Å². The van der Waals surface area contributed by atoms with E-state index in [1.54, 1.807) is 0 Å². The first-order chi connectivity index (χ1) is 9.74. The van der Waals surface area contributed by atoms with Gasteiger partial charge in [-0.1, -0.05) is 0 Å². The monoisotopic (exact) mass is 344 g/mol. The molecule has 0 unspecified atom stereocenters. The van der Waals surface area contributed by atoms with E-state index in [0.717, 1.165) is 11.5 Å². The van der Waals surface area contributed by atoms with Crippen molar-refractivity contribution < 1.29 is 33.7 Å². The van der Waals surface area contributed by atoms with Gasteiger partial charge in [-0.25, -0.2) is 0 Å². The van der Waals surface area contributed by atoms with E-state index in [4.69, 9.17) is 9.47 Å². The van der Waals surface area contributed by atoms with Crippen molar-refractivity contribution >= 4 is 3.21 Å². The van der Waals surface area contributed by atoms with Gasteiger partial charge in [0.05, 0.1) is 0 Å². The zero-order valence-electron chi connectivity index (χ0n) is 11.8. The molecule has 0 aliphatic rings. The SMILES string of the molecule is CCOc1ccc([C](=[Zr+2])c2ccc(OCC)cc2)cc1. The maximum absolute atomic E-state index is 5.47.